The summed E-state index contributed by atoms with van der Waals surface area (Å²) < 4.78 is 0. The van der Waals surface area contributed by atoms with E-state index in [0.29, 0.717) is 0 Å². The highest BCUT2D eigenvalue weighted by Gasteiger charge is 2.07. The van der Waals surface area contributed by atoms with E-state index < -0.39 is 6.04 Å². The highest BCUT2D eigenvalue weighted by Crippen LogP contribution is 2.22. The molecule has 0 radical (unpaired) electrons. The van der Waals surface area contributed by atoms with Crippen LogP contribution >= 0.6 is 0 Å². The first-order valence-electron chi connectivity index (χ1n) is 4.99. The summed E-state index contributed by atoms with van der Waals surface area (Å²) in [6.07, 6.45) is 0. The van der Waals surface area contributed by atoms with Crippen molar-refractivity contribution in [1.29, 1.82) is 0 Å². The van der Waals surface area contributed by atoms with Crippen LogP contribution in [0.25, 0.3) is 21.2 Å². The molecule has 1 atom stereocenters. The molecule has 16 heavy (non-hydrogen) atoms. The van der Waals surface area contributed by atoms with Crippen molar-refractivity contribution < 1.29 is 5.11 Å². The predicted octanol–water partition coefficient (Wildman–Crippen LogP) is 3.18. The van der Waals surface area contributed by atoms with Gasteiger partial charge in [-0.05, 0) is 21.9 Å². The van der Waals surface area contributed by atoms with Crippen molar-refractivity contribution in [3.63, 3.8) is 0 Å². The fraction of sp³-hybridized carbons (Fsp3) is 0.167. The molecule has 1 unspecified atom stereocenters. The first-order valence-corrected chi connectivity index (χ1v) is 4.99. The Kier molecular flexibility index (Phi) is 3.05. The Bertz CT molecular complexity index is 547. The molecular weight excluding hydrogens is 202 g/mol. The summed E-state index contributed by atoms with van der Waals surface area (Å²) in [5, 5.41) is 14.9. The van der Waals surface area contributed by atoms with E-state index in [2.05, 4.69) is 10.0 Å². The van der Waals surface area contributed by atoms with Crippen LogP contribution in [0.15, 0.2) is 47.6 Å². The molecule has 4 heteroatoms. The van der Waals surface area contributed by atoms with Gasteiger partial charge in [0.15, 0.2) is 0 Å². The molecular formula is C12H11N3O. The summed E-state index contributed by atoms with van der Waals surface area (Å²) >= 11 is 0. The van der Waals surface area contributed by atoms with Gasteiger partial charge < -0.3 is 5.11 Å². The summed E-state index contributed by atoms with van der Waals surface area (Å²) in [5.41, 5.74) is 9.22. The average molecular weight is 213 g/mol. The van der Waals surface area contributed by atoms with Gasteiger partial charge in [-0.15, -0.1) is 0 Å². The first kappa shape index (κ1) is 10.5. The van der Waals surface area contributed by atoms with Gasteiger partial charge in [0.1, 0.15) is 0 Å². The lowest BCUT2D eigenvalue weighted by Gasteiger charge is -2.08. The zero-order valence-electron chi connectivity index (χ0n) is 8.61. The van der Waals surface area contributed by atoms with Crippen molar-refractivity contribution in [3.8, 4) is 0 Å². The van der Waals surface area contributed by atoms with Gasteiger partial charge in [0.2, 0.25) is 0 Å². The predicted molar refractivity (Wildman–Crippen MR) is 62.9 cm³/mol. The van der Waals surface area contributed by atoms with Gasteiger partial charge in [0, 0.05) is 4.91 Å². The molecule has 0 spiro atoms. The van der Waals surface area contributed by atoms with Crippen LogP contribution in [0.2, 0.25) is 0 Å². The number of hydrogen-bond acceptors (Lipinski definition) is 2. The van der Waals surface area contributed by atoms with E-state index in [1.165, 1.54) is 0 Å². The van der Waals surface area contributed by atoms with Crippen molar-refractivity contribution in [2.45, 2.75) is 6.04 Å². The molecule has 80 valence electrons. The lowest BCUT2D eigenvalue weighted by atomic mass is 10.0. The summed E-state index contributed by atoms with van der Waals surface area (Å²) in [6.45, 7) is -0.178. The Morgan fingerprint density at radius 1 is 1.19 bits per heavy atom. The van der Waals surface area contributed by atoms with E-state index in [0.717, 1.165) is 16.3 Å². The second kappa shape index (κ2) is 4.66. The van der Waals surface area contributed by atoms with Crippen LogP contribution < -0.4 is 0 Å². The molecule has 0 aliphatic carbocycles. The van der Waals surface area contributed by atoms with Crippen LogP contribution in [-0.4, -0.2) is 11.7 Å². The molecule has 2 aromatic rings. The maximum atomic E-state index is 9.12. The van der Waals surface area contributed by atoms with Gasteiger partial charge in [-0.1, -0.05) is 47.6 Å². The molecule has 0 saturated carbocycles. The smallest absolute Gasteiger partial charge is 0.0856 e. The van der Waals surface area contributed by atoms with Crippen molar-refractivity contribution in [2.75, 3.05) is 6.61 Å². The zero-order chi connectivity index (χ0) is 11.4. The number of hydrogen-bond donors (Lipinski definition) is 1. The van der Waals surface area contributed by atoms with Crippen molar-refractivity contribution >= 4 is 10.8 Å². The molecule has 1 N–H and O–H groups in total. The standard InChI is InChI=1S/C12H11N3O/c13-15-14-12(8-16)11-6-5-9-3-1-2-4-10(9)7-11/h1-7,12,16H,8H2. The molecule has 0 bridgehead atoms. The fourth-order valence-corrected chi connectivity index (χ4v) is 1.69. The lowest BCUT2D eigenvalue weighted by molar-refractivity contribution is 0.268. The van der Waals surface area contributed by atoms with Crippen LogP contribution in [0, 0.1) is 0 Å². The largest absolute Gasteiger partial charge is 0.396 e. The second-order valence-electron chi connectivity index (χ2n) is 3.51. The van der Waals surface area contributed by atoms with Crippen molar-refractivity contribution in [1.82, 2.24) is 0 Å². The number of aliphatic hydroxyl groups excluding tert-OH is 1. The molecule has 0 amide bonds. The zero-order valence-corrected chi connectivity index (χ0v) is 8.61. The SMILES string of the molecule is [N-]=[N+]=NC(CO)c1ccc2ccccc2c1. The maximum Gasteiger partial charge on any atom is 0.0856 e. The Labute approximate surface area is 92.8 Å². The number of rotatable bonds is 3. The van der Waals surface area contributed by atoms with E-state index in [4.69, 9.17) is 10.6 Å². The van der Waals surface area contributed by atoms with Crippen LogP contribution in [0.5, 0.6) is 0 Å². The number of benzene rings is 2. The topological polar surface area (TPSA) is 69.0 Å². The molecule has 0 aliphatic heterocycles. The molecule has 0 fully saturated rings. The summed E-state index contributed by atoms with van der Waals surface area (Å²) in [4.78, 5) is 2.73. The van der Waals surface area contributed by atoms with Gasteiger partial charge in [-0.3, -0.25) is 0 Å². The summed E-state index contributed by atoms with van der Waals surface area (Å²) in [7, 11) is 0. The molecule has 0 aromatic heterocycles. The van der Waals surface area contributed by atoms with E-state index in [1.807, 2.05) is 42.5 Å². The highest BCUT2D eigenvalue weighted by molar-refractivity contribution is 5.83. The van der Waals surface area contributed by atoms with Gasteiger partial charge in [-0.25, -0.2) is 0 Å². The number of azide groups is 1. The third-order valence-electron chi connectivity index (χ3n) is 2.52. The molecule has 0 saturated heterocycles. The van der Waals surface area contributed by atoms with Gasteiger partial charge in [-0.2, -0.15) is 0 Å². The van der Waals surface area contributed by atoms with E-state index in [-0.39, 0.29) is 6.61 Å². The molecule has 0 heterocycles. The number of fused-ring (bicyclic) bond motifs is 1. The number of aliphatic hydroxyl groups is 1. The van der Waals surface area contributed by atoms with E-state index in [1.54, 1.807) is 0 Å². The fourth-order valence-electron chi connectivity index (χ4n) is 1.69. The third kappa shape index (κ3) is 1.98. The lowest BCUT2D eigenvalue weighted by Crippen LogP contribution is -1.99. The molecule has 4 nitrogen and oxygen atoms in total. The average Bonchev–Trinajstić information content (AvgIpc) is 2.35. The minimum atomic E-state index is -0.505. The Morgan fingerprint density at radius 3 is 2.62 bits per heavy atom. The van der Waals surface area contributed by atoms with E-state index in [9.17, 15) is 0 Å². The monoisotopic (exact) mass is 213 g/mol. The maximum absolute atomic E-state index is 9.12. The van der Waals surface area contributed by atoms with Gasteiger partial charge >= 0.3 is 0 Å². The number of nitrogens with zero attached hydrogens (tertiary/aromatic N) is 3. The summed E-state index contributed by atoms with van der Waals surface area (Å²) in [5.74, 6) is 0. The molecule has 0 aliphatic rings. The Balaban J connectivity index is 2.49. The van der Waals surface area contributed by atoms with E-state index >= 15 is 0 Å². The molecule has 2 rings (SSSR count). The van der Waals surface area contributed by atoms with Crippen molar-refractivity contribution in [3.05, 3.63) is 58.5 Å². The van der Waals surface area contributed by atoms with Crippen LogP contribution in [0.1, 0.15) is 11.6 Å². The van der Waals surface area contributed by atoms with Gasteiger partial charge in [0.25, 0.3) is 0 Å². The van der Waals surface area contributed by atoms with Crippen LogP contribution in [0.3, 0.4) is 0 Å². The molecule has 2 aromatic carbocycles. The Hall–Kier alpha value is -2.03. The Morgan fingerprint density at radius 2 is 1.94 bits per heavy atom. The first-order chi connectivity index (χ1) is 7.85. The van der Waals surface area contributed by atoms with Crippen LogP contribution in [0.4, 0.5) is 0 Å². The van der Waals surface area contributed by atoms with Crippen molar-refractivity contribution in [2.24, 2.45) is 5.11 Å². The normalized spacial score (nSPS) is 12.1. The minimum Gasteiger partial charge on any atom is -0.396 e. The minimum absolute atomic E-state index is 0.178. The third-order valence-corrected chi connectivity index (χ3v) is 2.52. The van der Waals surface area contributed by atoms with Gasteiger partial charge in [0.05, 0.1) is 12.6 Å². The quantitative estimate of drug-likeness (QED) is 0.474. The second-order valence-corrected chi connectivity index (χ2v) is 3.51. The highest BCUT2D eigenvalue weighted by atomic mass is 16.3. The van der Waals surface area contributed by atoms with Crippen LogP contribution in [-0.2, 0) is 0 Å². The summed E-state index contributed by atoms with van der Waals surface area (Å²) in [6, 6.07) is 13.2.